The van der Waals surface area contributed by atoms with E-state index in [1.807, 2.05) is 38.2 Å². The van der Waals surface area contributed by atoms with Crippen molar-refractivity contribution in [3.8, 4) is 17.1 Å². The normalized spacial score (nSPS) is 10.1. The molecule has 2 aromatic rings. The first-order chi connectivity index (χ1) is 8.24. The number of nitrogens with zero attached hydrogens (tertiary/aromatic N) is 2. The van der Waals surface area contributed by atoms with E-state index in [0.717, 1.165) is 22.7 Å². The Bertz CT molecular complexity index is 526. The lowest BCUT2D eigenvalue weighted by atomic mass is 10.1. The van der Waals surface area contributed by atoms with Gasteiger partial charge in [0, 0.05) is 18.8 Å². The Hall–Kier alpha value is -2.10. The van der Waals surface area contributed by atoms with E-state index in [0.29, 0.717) is 5.82 Å². The minimum Gasteiger partial charge on any atom is -0.496 e. The highest BCUT2D eigenvalue weighted by Gasteiger charge is 2.05. The van der Waals surface area contributed by atoms with Gasteiger partial charge in [0.05, 0.1) is 7.11 Å². The minimum absolute atomic E-state index is 0.711. The SMILES string of the molecule is CNc1ccnc(-c2ccc(OC)c(C)c2)n1. The third-order valence-corrected chi connectivity index (χ3v) is 2.56. The Labute approximate surface area is 101 Å². The molecular formula is C13H15N3O. The van der Waals surface area contributed by atoms with E-state index < -0.39 is 0 Å². The summed E-state index contributed by atoms with van der Waals surface area (Å²) in [7, 11) is 3.51. The number of nitrogens with one attached hydrogen (secondary N) is 1. The van der Waals surface area contributed by atoms with Crippen LogP contribution in [-0.2, 0) is 0 Å². The van der Waals surface area contributed by atoms with Gasteiger partial charge >= 0.3 is 0 Å². The maximum Gasteiger partial charge on any atom is 0.161 e. The molecule has 0 amide bonds. The fourth-order valence-corrected chi connectivity index (χ4v) is 1.65. The van der Waals surface area contributed by atoms with E-state index in [4.69, 9.17) is 4.74 Å². The molecule has 4 nitrogen and oxygen atoms in total. The van der Waals surface area contributed by atoms with Crippen molar-refractivity contribution >= 4 is 5.82 Å². The van der Waals surface area contributed by atoms with Gasteiger partial charge in [-0.15, -0.1) is 0 Å². The standard InChI is InChI=1S/C13H15N3O/c1-9-8-10(4-5-11(9)17-3)13-15-7-6-12(14-2)16-13/h4-8H,1-3H3,(H,14,15,16). The average molecular weight is 229 g/mol. The van der Waals surface area contributed by atoms with E-state index in [1.54, 1.807) is 13.3 Å². The van der Waals surface area contributed by atoms with Crippen LogP contribution in [-0.4, -0.2) is 24.1 Å². The number of aryl methyl sites for hydroxylation is 1. The molecule has 2 rings (SSSR count). The maximum absolute atomic E-state index is 5.23. The second-order valence-corrected chi connectivity index (χ2v) is 3.70. The molecule has 0 unspecified atom stereocenters. The molecule has 0 saturated carbocycles. The molecule has 0 saturated heterocycles. The molecule has 0 aliphatic rings. The zero-order chi connectivity index (χ0) is 12.3. The van der Waals surface area contributed by atoms with Crippen molar-refractivity contribution in [1.82, 2.24) is 9.97 Å². The number of benzene rings is 1. The number of hydrogen-bond acceptors (Lipinski definition) is 4. The second kappa shape index (κ2) is 4.82. The van der Waals surface area contributed by atoms with Crippen LogP contribution in [0.25, 0.3) is 11.4 Å². The largest absolute Gasteiger partial charge is 0.496 e. The molecule has 0 aliphatic heterocycles. The van der Waals surface area contributed by atoms with Crippen molar-refractivity contribution in [3.63, 3.8) is 0 Å². The van der Waals surface area contributed by atoms with E-state index >= 15 is 0 Å². The summed E-state index contributed by atoms with van der Waals surface area (Å²) in [4.78, 5) is 8.66. The van der Waals surface area contributed by atoms with Crippen LogP contribution in [0.2, 0.25) is 0 Å². The summed E-state index contributed by atoms with van der Waals surface area (Å²) in [6, 6.07) is 7.74. The van der Waals surface area contributed by atoms with E-state index in [9.17, 15) is 0 Å². The van der Waals surface area contributed by atoms with Crippen LogP contribution < -0.4 is 10.1 Å². The summed E-state index contributed by atoms with van der Waals surface area (Å²) in [5, 5.41) is 3.00. The van der Waals surface area contributed by atoms with Gasteiger partial charge in [0.2, 0.25) is 0 Å². The number of rotatable bonds is 3. The number of anilines is 1. The molecule has 1 N–H and O–H groups in total. The van der Waals surface area contributed by atoms with Crippen molar-refractivity contribution in [3.05, 3.63) is 36.0 Å². The van der Waals surface area contributed by atoms with Crippen molar-refractivity contribution < 1.29 is 4.74 Å². The van der Waals surface area contributed by atoms with E-state index in [2.05, 4.69) is 15.3 Å². The monoisotopic (exact) mass is 229 g/mol. The Morgan fingerprint density at radius 2 is 2.06 bits per heavy atom. The molecule has 88 valence electrons. The Balaban J connectivity index is 2.42. The first-order valence-corrected chi connectivity index (χ1v) is 5.40. The molecule has 1 aromatic carbocycles. The summed E-state index contributed by atoms with van der Waals surface area (Å²) in [5.41, 5.74) is 2.06. The Kier molecular flexibility index (Phi) is 3.23. The fourth-order valence-electron chi connectivity index (χ4n) is 1.65. The van der Waals surface area contributed by atoms with Crippen molar-refractivity contribution in [2.24, 2.45) is 0 Å². The molecule has 4 heteroatoms. The van der Waals surface area contributed by atoms with Gasteiger partial charge in [-0.25, -0.2) is 9.97 Å². The number of aromatic nitrogens is 2. The molecule has 0 aliphatic carbocycles. The number of hydrogen-bond donors (Lipinski definition) is 1. The van der Waals surface area contributed by atoms with Crippen molar-refractivity contribution in [2.75, 3.05) is 19.5 Å². The smallest absolute Gasteiger partial charge is 0.161 e. The summed E-state index contributed by atoms with van der Waals surface area (Å²) in [6.45, 7) is 2.00. The highest BCUT2D eigenvalue weighted by Crippen LogP contribution is 2.24. The topological polar surface area (TPSA) is 47.0 Å². The quantitative estimate of drug-likeness (QED) is 0.878. The predicted octanol–water partition coefficient (Wildman–Crippen LogP) is 2.50. The Morgan fingerprint density at radius 1 is 1.24 bits per heavy atom. The van der Waals surface area contributed by atoms with Crippen molar-refractivity contribution in [2.45, 2.75) is 6.92 Å². The lowest BCUT2D eigenvalue weighted by Gasteiger charge is -2.07. The van der Waals surface area contributed by atoms with Gasteiger partial charge in [-0.3, -0.25) is 0 Å². The first kappa shape index (κ1) is 11.4. The lowest BCUT2D eigenvalue weighted by Crippen LogP contribution is -1.96. The van der Waals surface area contributed by atoms with E-state index in [1.165, 1.54) is 0 Å². The highest BCUT2D eigenvalue weighted by molar-refractivity contribution is 5.60. The van der Waals surface area contributed by atoms with Crippen LogP contribution in [0.5, 0.6) is 5.75 Å². The summed E-state index contributed by atoms with van der Waals surface area (Å²) < 4.78 is 5.23. The van der Waals surface area contributed by atoms with Gasteiger partial charge in [0.25, 0.3) is 0 Å². The van der Waals surface area contributed by atoms with Crippen molar-refractivity contribution in [1.29, 1.82) is 0 Å². The van der Waals surface area contributed by atoms with Gasteiger partial charge in [0.15, 0.2) is 5.82 Å². The summed E-state index contributed by atoms with van der Waals surface area (Å²) in [5.74, 6) is 2.39. The molecular weight excluding hydrogens is 214 g/mol. The molecule has 0 atom stereocenters. The average Bonchev–Trinajstić information content (AvgIpc) is 2.38. The third-order valence-electron chi connectivity index (χ3n) is 2.56. The zero-order valence-electron chi connectivity index (χ0n) is 10.2. The summed E-state index contributed by atoms with van der Waals surface area (Å²) in [6.07, 6.45) is 1.74. The summed E-state index contributed by atoms with van der Waals surface area (Å²) >= 11 is 0. The molecule has 0 bridgehead atoms. The number of ether oxygens (including phenoxy) is 1. The molecule has 1 aromatic heterocycles. The van der Waals surface area contributed by atoms with Crippen LogP contribution in [0, 0.1) is 6.92 Å². The van der Waals surface area contributed by atoms with Gasteiger partial charge < -0.3 is 10.1 Å². The fraction of sp³-hybridized carbons (Fsp3) is 0.231. The van der Waals surface area contributed by atoms with Crippen LogP contribution in [0.4, 0.5) is 5.82 Å². The maximum atomic E-state index is 5.23. The molecule has 1 heterocycles. The number of methoxy groups -OCH3 is 1. The van der Waals surface area contributed by atoms with Gasteiger partial charge in [-0.05, 0) is 36.8 Å². The Morgan fingerprint density at radius 3 is 2.71 bits per heavy atom. The minimum atomic E-state index is 0.711. The second-order valence-electron chi connectivity index (χ2n) is 3.70. The lowest BCUT2D eigenvalue weighted by molar-refractivity contribution is 0.412. The van der Waals surface area contributed by atoms with Crippen LogP contribution in [0.3, 0.4) is 0 Å². The van der Waals surface area contributed by atoms with E-state index in [-0.39, 0.29) is 0 Å². The van der Waals surface area contributed by atoms with Crippen LogP contribution >= 0.6 is 0 Å². The highest BCUT2D eigenvalue weighted by atomic mass is 16.5. The molecule has 0 fully saturated rings. The van der Waals surface area contributed by atoms with Gasteiger partial charge in [0.1, 0.15) is 11.6 Å². The molecule has 17 heavy (non-hydrogen) atoms. The van der Waals surface area contributed by atoms with Gasteiger partial charge in [-0.2, -0.15) is 0 Å². The third kappa shape index (κ3) is 2.36. The van der Waals surface area contributed by atoms with Crippen LogP contribution in [0.15, 0.2) is 30.5 Å². The molecule has 0 spiro atoms. The molecule has 0 radical (unpaired) electrons. The zero-order valence-corrected chi connectivity index (χ0v) is 10.2. The first-order valence-electron chi connectivity index (χ1n) is 5.40. The van der Waals surface area contributed by atoms with Crippen LogP contribution in [0.1, 0.15) is 5.56 Å². The predicted molar refractivity (Wildman–Crippen MR) is 68.3 cm³/mol. The van der Waals surface area contributed by atoms with Gasteiger partial charge in [-0.1, -0.05) is 0 Å².